The Morgan fingerprint density at radius 1 is 0.920 bits per heavy atom. The average molecular weight is 464 g/mol. The van der Waals surface area contributed by atoms with Crippen LogP contribution in [0.2, 0.25) is 0 Å². The fourth-order valence-corrected chi connectivity index (χ4v) is 2.65. The maximum atomic E-state index is 4.27. The quantitative estimate of drug-likeness (QED) is 0.292. The molecule has 4 nitrogen and oxygen atoms in total. The number of azo groups is 1. The summed E-state index contributed by atoms with van der Waals surface area (Å²) < 4.78 is 4.40. The fraction of sp³-hybridized carbons (Fsp3) is 0.211. The molecule has 6 heteroatoms. The van der Waals surface area contributed by atoms with Gasteiger partial charge in [0.25, 0.3) is 0 Å². The van der Waals surface area contributed by atoms with Crippen LogP contribution in [0.4, 0.5) is 11.4 Å². The molecule has 0 aliphatic carbocycles. The highest BCUT2D eigenvalue weighted by molar-refractivity contribution is 9.09. The number of halogens is 2. The minimum atomic E-state index is 0. The Kier molecular flexibility index (Phi) is 8.01. The van der Waals surface area contributed by atoms with Gasteiger partial charge in [0.1, 0.15) is 18.9 Å². The minimum Gasteiger partial charge on any atom is -1.00 e. The summed E-state index contributed by atoms with van der Waals surface area (Å²) in [5, 5.41) is 9.54. The number of alkyl halides is 1. The van der Waals surface area contributed by atoms with Gasteiger partial charge in [-0.15, -0.1) is 0 Å². The molecule has 3 rings (SSSR count). The standard InChI is InChI=1S/C19H20BrN4.BrH/c20-11-4-12-23-13-14-24(16-23)15-17-7-9-19(10-8-17)22-21-18-5-2-1-3-6-18;/h1-3,5-10,13-14,16H,4,11-12,15H2;1H/q+1;/p-1. The van der Waals surface area contributed by atoms with Gasteiger partial charge in [-0.25, -0.2) is 9.13 Å². The molecule has 1 aromatic heterocycles. The largest absolute Gasteiger partial charge is 1.00 e. The van der Waals surface area contributed by atoms with E-state index in [-0.39, 0.29) is 17.0 Å². The fourth-order valence-electron chi connectivity index (χ4n) is 2.40. The Balaban J connectivity index is 0.00000225. The maximum absolute atomic E-state index is 4.27. The van der Waals surface area contributed by atoms with Crippen molar-refractivity contribution in [2.75, 3.05) is 5.33 Å². The van der Waals surface area contributed by atoms with Crippen molar-refractivity contribution in [1.82, 2.24) is 4.57 Å². The van der Waals surface area contributed by atoms with Crippen LogP contribution in [0, 0.1) is 0 Å². The number of aromatic nitrogens is 2. The van der Waals surface area contributed by atoms with Gasteiger partial charge in [0.2, 0.25) is 6.33 Å². The van der Waals surface area contributed by atoms with Crippen molar-refractivity contribution in [3.63, 3.8) is 0 Å². The van der Waals surface area contributed by atoms with Crippen molar-refractivity contribution in [2.24, 2.45) is 10.2 Å². The molecule has 0 bridgehead atoms. The van der Waals surface area contributed by atoms with Gasteiger partial charge in [-0.1, -0.05) is 46.3 Å². The van der Waals surface area contributed by atoms with Crippen LogP contribution in [-0.2, 0) is 13.1 Å². The topological polar surface area (TPSA) is 33.5 Å². The maximum Gasteiger partial charge on any atom is 0.244 e. The molecule has 0 aliphatic heterocycles. The zero-order chi connectivity index (χ0) is 16.6. The van der Waals surface area contributed by atoms with E-state index in [1.54, 1.807) is 0 Å². The third kappa shape index (κ3) is 6.21. The molecule has 1 heterocycles. The molecule has 3 aromatic rings. The Morgan fingerprint density at radius 3 is 2.28 bits per heavy atom. The molecule has 0 aliphatic rings. The molecule has 0 spiro atoms. The van der Waals surface area contributed by atoms with Crippen LogP contribution in [0.25, 0.3) is 0 Å². The van der Waals surface area contributed by atoms with E-state index in [1.165, 1.54) is 5.56 Å². The monoisotopic (exact) mass is 462 g/mol. The van der Waals surface area contributed by atoms with E-state index in [0.717, 1.165) is 36.2 Å². The van der Waals surface area contributed by atoms with E-state index >= 15 is 0 Å². The molecule has 0 amide bonds. The molecule has 0 atom stereocenters. The predicted molar refractivity (Wildman–Crippen MR) is 99.2 cm³/mol. The lowest BCUT2D eigenvalue weighted by Crippen LogP contribution is -3.00. The van der Waals surface area contributed by atoms with Crippen LogP contribution >= 0.6 is 15.9 Å². The Morgan fingerprint density at radius 2 is 1.60 bits per heavy atom. The Labute approximate surface area is 167 Å². The van der Waals surface area contributed by atoms with Gasteiger partial charge in [0, 0.05) is 5.33 Å². The molecule has 0 N–H and O–H groups in total. The van der Waals surface area contributed by atoms with Crippen molar-refractivity contribution in [3.8, 4) is 0 Å². The SMILES string of the molecule is BrCCCn1cc[n+](Cc2ccc(N=Nc3ccccc3)cc2)c1.[Br-]. The summed E-state index contributed by atoms with van der Waals surface area (Å²) in [6, 6.07) is 18.0. The number of hydrogen-bond acceptors (Lipinski definition) is 2. The van der Waals surface area contributed by atoms with Crippen LogP contribution in [0.3, 0.4) is 0 Å². The molecule has 0 radical (unpaired) electrons. The van der Waals surface area contributed by atoms with E-state index in [9.17, 15) is 0 Å². The molecule has 0 fully saturated rings. The summed E-state index contributed by atoms with van der Waals surface area (Å²) in [6.07, 6.45) is 7.50. The highest BCUT2D eigenvalue weighted by atomic mass is 79.9. The van der Waals surface area contributed by atoms with Gasteiger partial charge in [-0.3, -0.25) is 0 Å². The molecule has 0 saturated heterocycles. The van der Waals surface area contributed by atoms with Gasteiger partial charge in [0.05, 0.1) is 17.9 Å². The molecule has 0 saturated carbocycles. The van der Waals surface area contributed by atoms with Crippen LogP contribution in [0.1, 0.15) is 12.0 Å². The van der Waals surface area contributed by atoms with E-state index in [2.05, 4.69) is 66.1 Å². The van der Waals surface area contributed by atoms with Gasteiger partial charge in [-0.2, -0.15) is 10.2 Å². The molecular formula is C19H20Br2N4. The van der Waals surface area contributed by atoms with Crippen LogP contribution in [0.5, 0.6) is 0 Å². The predicted octanol–water partition coefficient (Wildman–Crippen LogP) is 2.03. The normalized spacial score (nSPS) is 10.8. The first-order valence-electron chi connectivity index (χ1n) is 8.00. The van der Waals surface area contributed by atoms with Gasteiger partial charge >= 0.3 is 0 Å². The number of imidazole rings is 1. The molecule has 0 unspecified atom stereocenters. The third-order valence-electron chi connectivity index (χ3n) is 3.63. The molecule has 2 aromatic carbocycles. The third-order valence-corrected chi connectivity index (χ3v) is 4.20. The van der Waals surface area contributed by atoms with Crippen molar-refractivity contribution in [2.45, 2.75) is 19.5 Å². The van der Waals surface area contributed by atoms with Crippen molar-refractivity contribution in [1.29, 1.82) is 0 Å². The average Bonchev–Trinajstić information content (AvgIpc) is 3.07. The van der Waals surface area contributed by atoms with Crippen molar-refractivity contribution >= 4 is 27.3 Å². The smallest absolute Gasteiger partial charge is 0.244 e. The number of aryl methyl sites for hydroxylation is 1. The van der Waals surface area contributed by atoms with Gasteiger partial charge in [0.15, 0.2) is 0 Å². The van der Waals surface area contributed by atoms with Crippen molar-refractivity contribution in [3.05, 3.63) is 78.9 Å². The number of benzene rings is 2. The summed E-state index contributed by atoms with van der Waals surface area (Å²) >= 11 is 3.47. The summed E-state index contributed by atoms with van der Waals surface area (Å²) in [4.78, 5) is 0. The number of hydrogen-bond donors (Lipinski definition) is 0. The summed E-state index contributed by atoms with van der Waals surface area (Å²) in [5.41, 5.74) is 2.97. The van der Waals surface area contributed by atoms with Crippen molar-refractivity contribution < 1.29 is 21.5 Å². The lowest BCUT2D eigenvalue weighted by atomic mass is 10.2. The number of rotatable bonds is 7. The van der Waals surface area contributed by atoms with E-state index in [0.29, 0.717) is 0 Å². The first-order valence-corrected chi connectivity index (χ1v) is 9.12. The first kappa shape index (κ1) is 19.5. The van der Waals surface area contributed by atoms with E-state index in [1.807, 2.05) is 42.5 Å². The van der Waals surface area contributed by atoms with Crippen LogP contribution < -0.4 is 21.5 Å². The highest BCUT2D eigenvalue weighted by Gasteiger charge is 2.04. The lowest BCUT2D eigenvalue weighted by molar-refractivity contribution is -0.687. The van der Waals surface area contributed by atoms with Crippen LogP contribution in [0.15, 0.2) is 83.5 Å². The zero-order valence-corrected chi connectivity index (χ0v) is 17.0. The van der Waals surface area contributed by atoms with E-state index in [4.69, 9.17) is 0 Å². The second kappa shape index (κ2) is 10.3. The molecular weight excluding hydrogens is 444 g/mol. The first-order chi connectivity index (χ1) is 11.8. The Bertz CT molecular complexity index is 783. The molecule has 130 valence electrons. The summed E-state index contributed by atoms with van der Waals surface area (Å²) in [7, 11) is 0. The zero-order valence-electron chi connectivity index (χ0n) is 13.8. The van der Waals surface area contributed by atoms with E-state index < -0.39 is 0 Å². The minimum absolute atomic E-state index is 0. The Hall–Kier alpha value is -1.79. The summed E-state index contributed by atoms with van der Waals surface area (Å²) in [6.45, 7) is 1.90. The van der Waals surface area contributed by atoms with Gasteiger partial charge in [-0.05, 0) is 36.2 Å². The summed E-state index contributed by atoms with van der Waals surface area (Å²) in [5.74, 6) is 0. The second-order valence-electron chi connectivity index (χ2n) is 5.57. The van der Waals surface area contributed by atoms with Crippen LogP contribution in [-0.4, -0.2) is 9.90 Å². The number of nitrogens with zero attached hydrogens (tertiary/aromatic N) is 4. The molecule has 25 heavy (non-hydrogen) atoms. The lowest BCUT2D eigenvalue weighted by Gasteiger charge is -1.99. The second-order valence-corrected chi connectivity index (χ2v) is 6.36. The highest BCUT2D eigenvalue weighted by Crippen LogP contribution is 2.18. The van der Waals surface area contributed by atoms with Gasteiger partial charge < -0.3 is 17.0 Å².